The maximum Gasteiger partial charge on any atom is 0.322 e. The van der Waals surface area contributed by atoms with E-state index >= 15 is 0 Å². The lowest BCUT2D eigenvalue weighted by molar-refractivity contribution is 0.182. The number of para-hydroxylation sites is 1. The van der Waals surface area contributed by atoms with E-state index in [1.54, 1.807) is 0 Å². The van der Waals surface area contributed by atoms with Crippen molar-refractivity contribution in [2.75, 3.05) is 11.9 Å². The van der Waals surface area contributed by atoms with Crippen molar-refractivity contribution in [2.24, 2.45) is 0 Å². The van der Waals surface area contributed by atoms with Crippen LogP contribution in [-0.4, -0.2) is 22.0 Å². The van der Waals surface area contributed by atoms with Gasteiger partial charge in [0.15, 0.2) is 0 Å². The van der Waals surface area contributed by atoms with Crippen molar-refractivity contribution in [3.8, 4) is 0 Å². The average molecular weight is 402 g/mol. The van der Waals surface area contributed by atoms with Gasteiger partial charge >= 0.3 is 6.03 Å². The highest BCUT2D eigenvalue weighted by atomic mass is 16.2. The molecule has 156 valence electrons. The number of rotatable bonds is 2. The first-order valence-corrected chi connectivity index (χ1v) is 10.6. The number of hydrogen-bond acceptors (Lipinski definition) is 1. The normalized spacial score (nSPS) is 16.3. The Hall–Kier alpha value is -3.01. The second-order valence-corrected chi connectivity index (χ2v) is 9.29. The molecule has 0 radical (unpaired) electrons. The maximum atomic E-state index is 13.4. The van der Waals surface area contributed by atoms with E-state index < -0.39 is 0 Å². The van der Waals surface area contributed by atoms with Crippen molar-refractivity contribution < 1.29 is 4.79 Å². The van der Waals surface area contributed by atoms with Gasteiger partial charge in [-0.2, -0.15) is 0 Å². The number of carbonyl (C=O) groups excluding carboxylic acids is 1. The van der Waals surface area contributed by atoms with Gasteiger partial charge in [-0.05, 0) is 53.6 Å². The average Bonchev–Trinajstić information content (AvgIpc) is 3.18. The molecule has 1 aromatic heterocycles. The van der Waals surface area contributed by atoms with Crippen molar-refractivity contribution in [3.05, 3.63) is 88.7 Å². The predicted molar refractivity (Wildman–Crippen MR) is 123 cm³/mol. The number of nitrogens with zero attached hydrogens (tertiary/aromatic N) is 2. The van der Waals surface area contributed by atoms with Crippen LogP contribution in [0.4, 0.5) is 10.5 Å². The smallest absolute Gasteiger partial charge is 0.322 e. The number of hydrogen-bond donors (Lipinski definition) is 1. The number of amides is 2. The summed E-state index contributed by atoms with van der Waals surface area (Å²) < 4.78 is 2.26. The molecule has 4 nitrogen and oxygen atoms in total. The zero-order valence-corrected chi connectivity index (χ0v) is 18.6. The molecule has 2 aromatic carbocycles. The van der Waals surface area contributed by atoms with Gasteiger partial charge in [-0.1, -0.05) is 63.2 Å². The molecule has 0 fully saturated rings. The van der Waals surface area contributed by atoms with Crippen LogP contribution in [-0.2, 0) is 12.0 Å². The molecule has 0 saturated heterocycles. The molecule has 4 heteroatoms. The Morgan fingerprint density at radius 1 is 0.933 bits per heavy atom. The summed E-state index contributed by atoms with van der Waals surface area (Å²) in [6.07, 6.45) is 2.10. The number of fused-ring (bicyclic) bond motifs is 1. The quantitative estimate of drug-likeness (QED) is 0.558. The minimum Gasteiger partial charge on any atom is -0.348 e. The van der Waals surface area contributed by atoms with Crippen LogP contribution in [0.5, 0.6) is 0 Å². The van der Waals surface area contributed by atoms with Gasteiger partial charge in [0.1, 0.15) is 0 Å². The summed E-state index contributed by atoms with van der Waals surface area (Å²) >= 11 is 0. The summed E-state index contributed by atoms with van der Waals surface area (Å²) in [7, 11) is 0. The lowest BCUT2D eigenvalue weighted by Crippen LogP contribution is -2.44. The molecule has 1 aliphatic rings. The Morgan fingerprint density at radius 3 is 2.23 bits per heavy atom. The zero-order valence-electron chi connectivity index (χ0n) is 18.6. The van der Waals surface area contributed by atoms with Gasteiger partial charge in [0, 0.05) is 30.7 Å². The summed E-state index contributed by atoms with van der Waals surface area (Å²) in [5.41, 5.74) is 6.75. The summed E-state index contributed by atoms with van der Waals surface area (Å²) in [6, 6.07) is 18.9. The second kappa shape index (κ2) is 7.67. The van der Waals surface area contributed by atoms with E-state index in [0.717, 1.165) is 34.6 Å². The topological polar surface area (TPSA) is 37.3 Å². The van der Waals surface area contributed by atoms with Crippen LogP contribution in [0.25, 0.3) is 0 Å². The van der Waals surface area contributed by atoms with Gasteiger partial charge in [-0.3, -0.25) is 0 Å². The highest BCUT2D eigenvalue weighted by Gasteiger charge is 2.32. The number of benzene rings is 2. The Kier molecular flexibility index (Phi) is 5.19. The molecule has 0 bridgehead atoms. The number of urea groups is 1. The summed E-state index contributed by atoms with van der Waals surface area (Å²) in [5, 5.41) is 3.18. The number of aromatic nitrogens is 1. The summed E-state index contributed by atoms with van der Waals surface area (Å²) in [6.45, 7) is 12.2. The molecule has 1 atom stereocenters. The molecule has 1 aliphatic heterocycles. The van der Waals surface area contributed by atoms with E-state index in [4.69, 9.17) is 0 Å². The maximum absolute atomic E-state index is 13.4. The van der Waals surface area contributed by atoms with E-state index in [1.165, 1.54) is 5.56 Å². The number of anilines is 1. The van der Waals surface area contributed by atoms with Crippen LogP contribution < -0.4 is 5.32 Å². The van der Waals surface area contributed by atoms with E-state index in [0.29, 0.717) is 6.54 Å². The van der Waals surface area contributed by atoms with Gasteiger partial charge < -0.3 is 14.8 Å². The molecule has 0 saturated carbocycles. The Bertz CT molecular complexity index is 1040. The van der Waals surface area contributed by atoms with E-state index in [-0.39, 0.29) is 17.5 Å². The van der Waals surface area contributed by atoms with E-state index in [9.17, 15) is 4.79 Å². The lowest BCUT2D eigenvalue weighted by atomic mass is 9.86. The van der Waals surface area contributed by atoms with Gasteiger partial charge in [0.25, 0.3) is 0 Å². The number of nitrogens with one attached hydrogen (secondary N) is 1. The minimum atomic E-state index is -0.105. The van der Waals surface area contributed by atoms with E-state index in [1.807, 2.05) is 36.9 Å². The fourth-order valence-corrected chi connectivity index (χ4v) is 4.31. The van der Waals surface area contributed by atoms with Crippen LogP contribution in [0.3, 0.4) is 0 Å². The van der Waals surface area contributed by atoms with Crippen molar-refractivity contribution in [2.45, 2.75) is 52.6 Å². The van der Waals surface area contributed by atoms with Crippen LogP contribution in [0.1, 0.15) is 54.8 Å². The van der Waals surface area contributed by atoms with Crippen LogP contribution in [0.15, 0.2) is 60.8 Å². The van der Waals surface area contributed by atoms with Crippen LogP contribution in [0.2, 0.25) is 0 Å². The van der Waals surface area contributed by atoms with Gasteiger partial charge in [0.2, 0.25) is 0 Å². The molecular weight excluding hydrogens is 370 g/mol. The second-order valence-electron chi connectivity index (χ2n) is 9.29. The highest BCUT2D eigenvalue weighted by molar-refractivity contribution is 5.91. The van der Waals surface area contributed by atoms with Crippen molar-refractivity contribution in [1.82, 2.24) is 9.47 Å². The van der Waals surface area contributed by atoms with Gasteiger partial charge in [0.05, 0.1) is 6.04 Å². The molecular formula is C26H31N3O. The van der Waals surface area contributed by atoms with Crippen LogP contribution in [0, 0.1) is 13.8 Å². The Labute approximate surface area is 179 Å². The standard InChI is InChI=1S/C26H31N3O/c1-18-8-6-9-19(2)23(18)27-25(30)29-17-16-28-15-7-10-22(28)24(29)20-11-13-21(14-12-20)26(3,4)5/h6-15,24H,16-17H2,1-5H3,(H,27,30). The first-order valence-electron chi connectivity index (χ1n) is 10.6. The largest absolute Gasteiger partial charge is 0.348 e. The third-order valence-corrected chi connectivity index (χ3v) is 6.10. The Morgan fingerprint density at radius 2 is 1.60 bits per heavy atom. The number of carbonyl (C=O) groups is 1. The fraction of sp³-hybridized carbons (Fsp3) is 0.346. The fourth-order valence-electron chi connectivity index (χ4n) is 4.31. The van der Waals surface area contributed by atoms with Crippen molar-refractivity contribution in [1.29, 1.82) is 0 Å². The first kappa shape index (κ1) is 20.3. The third-order valence-electron chi connectivity index (χ3n) is 6.10. The SMILES string of the molecule is Cc1cccc(C)c1NC(=O)N1CCn2cccc2C1c1ccc(C(C)(C)C)cc1. The zero-order chi connectivity index (χ0) is 21.5. The molecule has 2 heterocycles. The first-order chi connectivity index (χ1) is 14.3. The third kappa shape index (κ3) is 3.74. The van der Waals surface area contributed by atoms with Gasteiger partial charge in [-0.15, -0.1) is 0 Å². The molecule has 30 heavy (non-hydrogen) atoms. The van der Waals surface area contributed by atoms with Crippen LogP contribution >= 0.6 is 0 Å². The molecule has 2 amide bonds. The molecule has 1 N–H and O–H groups in total. The molecule has 1 unspecified atom stereocenters. The molecule has 4 rings (SSSR count). The molecule has 3 aromatic rings. The minimum absolute atomic E-state index is 0.0512. The molecule has 0 aliphatic carbocycles. The molecule has 0 spiro atoms. The summed E-state index contributed by atoms with van der Waals surface area (Å²) in [4.78, 5) is 15.4. The Balaban J connectivity index is 1.69. The van der Waals surface area contributed by atoms with Gasteiger partial charge in [-0.25, -0.2) is 4.79 Å². The predicted octanol–water partition coefficient (Wildman–Crippen LogP) is 6.04. The highest BCUT2D eigenvalue weighted by Crippen LogP contribution is 2.34. The lowest BCUT2D eigenvalue weighted by Gasteiger charge is -2.37. The number of aryl methyl sites for hydroxylation is 2. The van der Waals surface area contributed by atoms with Crippen molar-refractivity contribution in [3.63, 3.8) is 0 Å². The summed E-state index contributed by atoms with van der Waals surface area (Å²) in [5.74, 6) is 0. The monoisotopic (exact) mass is 401 g/mol. The van der Waals surface area contributed by atoms with Crippen molar-refractivity contribution >= 4 is 11.7 Å². The van der Waals surface area contributed by atoms with E-state index in [2.05, 4.69) is 73.3 Å².